The molecule has 0 saturated heterocycles. The highest BCUT2D eigenvalue weighted by Gasteiger charge is 2.20. The molecule has 476 valence electrons. The standard InChI is InChI=1S/C74H145NO5/c1-3-5-7-9-11-13-15-17-19-20-32-35-39-42-46-50-54-58-62-66-72(77)71(70-76)75-73(78)67-63-59-55-51-47-43-40-36-33-30-28-26-24-22-21-23-25-27-29-31-34-37-41-45-49-53-57-61-65-69-80-74(79)68-64-60-56-52-48-44-38-18-16-14-12-10-8-6-4-2/h21,23,71-72,76-77H,3-20,22,24-70H2,1-2H3,(H,75,78)/b23-21-. The van der Waals surface area contributed by atoms with Crippen molar-refractivity contribution in [3.05, 3.63) is 12.2 Å². The van der Waals surface area contributed by atoms with Gasteiger partial charge in [-0.15, -0.1) is 0 Å². The lowest BCUT2D eigenvalue weighted by Gasteiger charge is -2.22. The van der Waals surface area contributed by atoms with Crippen molar-refractivity contribution in [3.63, 3.8) is 0 Å². The number of aliphatic hydroxyl groups is 2. The van der Waals surface area contributed by atoms with E-state index in [0.29, 0.717) is 25.9 Å². The lowest BCUT2D eigenvalue weighted by Crippen LogP contribution is -2.45. The summed E-state index contributed by atoms with van der Waals surface area (Å²) in [5.41, 5.74) is 0. The Kier molecular flexibility index (Phi) is 68.9. The highest BCUT2D eigenvalue weighted by atomic mass is 16.5. The van der Waals surface area contributed by atoms with Gasteiger partial charge in [-0.2, -0.15) is 0 Å². The Morgan fingerprint density at radius 2 is 0.588 bits per heavy atom. The molecule has 3 N–H and O–H groups in total. The second kappa shape index (κ2) is 70.1. The van der Waals surface area contributed by atoms with Gasteiger partial charge in [-0.05, 0) is 51.4 Å². The molecule has 6 nitrogen and oxygen atoms in total. The third-order valence-electron chi connectivity index (χ3n) is 17.6. The van der Waals surface area contributed by atoms with Gasteiger partial charge in [0, 0.05) is 12.8 Å². The Balaban J connectivity index is 3.36. The lowest BCUT2D eigenvalue weighted by atomic mass is 10.0. The largest absolute Gasteiger partial charge is 0.466 e. The lowest BCUT2D eigenvalue weighted by molar-refractivity contribution is -0.143. The number of ether oxygens (including phenoxy) is 1. The van der Waals surface area contributed by atoms with Gasteiger partial charge in [0.15, 0.2) is 0 Å². The van der Waals surface area contributed by atoms with Crippen LogP contribution >= 0.6 is 0 Å². The highest BCUT2D eigenvalue weighted by Crippen LogP contribution is 2.19. The second-order valence-corrected chi connectivity index (χ2v) is 25.6. The number of aliphatic hydroxyl groups excluding tert-OH is 2. The van der Waals surface area contributed by atoms with Crippen molar-refractivity contribution < 1.29 is 24.5 Å². The molecule has 80 heavy (non-hydrogen) atoms. The smallest absolute Gasteiger partial charge is 0.305 e. The van der Waals surface area contributed by atoms with Crippen LogP contribution in [0.2, 0.25) is 0 Å². The van der Waals surface area contributed by atoms with E-state index in [1.54, 1.807) is 0 Å². The summed E-state index contributed by atoms with van der Waals surface area (Å²) in [7, 11) is 0. The Bertz CT molecular complexity index is 1210. The van der Waals surface area contributed by atoms with Gasteiger partial charge in [-0.25, -0.2) is 0 Å². The Morgan fingerprint density at radius 1 is 0.338 bits per heavy atom. The second-order valence-electron chi connectivity index (χ2n) is 25.6. The molecule has 2 atom stereocenters. The van der Waals surface area contributed by atoms with Crippen molar-refractivity contribution in [1.29, 1.82) is 0 Å². The molecule has 0 aromatic carbocycles. The number of esters is 1. The van der Waals surface area contributed by atoms with E-state index in [-0.39, 0.29) is 18.5 Å². The van der Waals surface area contributed by atoms with E-state index in [1.807, 2.05) is 0 Å². The molecule has 0 spiro atoms. The molecule has 0 aliphatic rings. The van der Waals surface area contributed by atoms with Crippen LogP contribution in [-0.2, 0) is 14.3 Å². The van der Waals surface area contributed by atoms with Crippen molar-refractivity contribution in [1.82, 2.24) is 5.32 Å². The maximum absolute atomic E-state index is 12.5. The Hall–Kier alpha value is -1.40. The SMILES string of the molecule is CCCCCCCCCCCCCCCCCCCCCC(O)C(CO)NC(=O)CCCCCCCCCCCCCCC/C=C\CCCCCCCCCCCCCCOC(=O)CCCCCCCCCCCCCCCCC. The monoisotopic (exact) mass is 1130 g/mol. The van der Waals surface area contributed by atoms with Crippen molar-refractivity contribution in [3.8, 4) is 0 Å². The molecule has 0 aromatic heterocycles. The van der Waals surface area contributed by atoms with Crippen LogP contribution in [0.5, 0.6) is 0 Å². The van der Waals surface area contributed by atoms with Crippen LogP contribution in [0.25, 0.3) is 0 Å². The molecule has 0 fully saturated rings. The minimum Gasteiger partial charge on any atom is -0.466 e. The summed E-state index contributed by atoms with van der Waals surface area (Å²) in [6.45, 7) is 5.00. The van der Waals surface area contributed by atoms with E-state index in [0.717, 1.165) is 38.5 Å². The van der Waals surface area contributed by atoms with Crippen LogP contribution in [0.4, 0.5) is 0 Å². The van der Waals surface area contributed by atoms with Crippen LogP contribution in [0.1, 0.15) is 425 Å². The van der Waals surface area contributed by atoms with E-state index in [2.05, 4.69) is 31.3 Å². The predicted octanol–water partition coefficient (Wildman–Crippen LogP) is 23.9. The number of hydrogen-bond donors (Lipinski definition) is 3. The van der Waals surface area contributed by atoms with Gasteiger partial charge < -0.3 is 20.3 Å². The molecular weight excluding hydrogens is 983 g/mol. The molecule has 6 heteroatoms. The van der Waals surface area contributed by atoms with Crippen molar-refractivity contribution in [2.75, 3.05) is 13.2 Å². The number of rotatable bonds is 70. The Labute approximate surface area is 501 Å². The zero-order valence-electron chi connectivity index (χ0n) is 54.6. The molecule has 0 aromatic rings. The zero-order chi connectivity index (χ0) is 57.8. The minimum absolute atomic E-state index is 0.0205. The first-order chi connectivity index (χ1) is 39.5. The number of unbranched alkanes of at least 4 members (excludes halogenated alkanes) is 57. The summed E-state index contributed by atoms with van der Waals surface area (Å²) in [4.78, 5) is 24.6. The van der Waals surface area contributed by atoms with Crippen LogP contribution in [0.15, 0.2) is 12.2 Å². The summed E-state index contributed by atoms with van der Waals surface area (Å²) in [6.07, 6.45) is 87.0. The molecule has 0 radical (unpaired) electrons. The summed E-state index contributed by atoms with van der Waals surface area (Å²) in [6, 6.07) is -0.541. The summed E-state index contributed by atoms with van der Waals surface area (Å²) in [5, 5.41) is 23.4. The van der Waals surface area contributed by atoms with Crippen LogP contribution in [0.3, 0.4) is 0 Å². The quantitative estimate of drug-likeness (QED) is 0.0320. The maximum atomic E-state index is 12.5. The van der Waals surface area contributed by atoms with Gasteiger partial charge in [0.05, 0.1) is 25.4 Å². The van der Waals surface area contributed by atoms with Gasteiger partial charge >= 0.3 is 5.97 Å². The summed E-state index contributed by atoms with van der Waals surface area (Å²) in [5.74, 6) is -0.00883. The average molecular weight is 1130 g/mol. The van der Waals surface area contributed by atoms with Gasteiger partial charge in [-0.1, -0.05) is 373 Å². The number of amides is 1. The highest BCUT2D eigenvalue weighted by molar-refractivity contribution is 5.76. The van der Waals surface area contributed by atoms with E-state index in [9.17, 15) is 19.8 Å². The van der Waals surface area contributed by atoms with Crippen LogP contribution in [-0.4, -0.2) is 47.4 Å². The van der Waals surface area contributed by atoms with Gasteiger partial charge in [0.25, 0.3) is 0 Å². The fourth-order valence-corrected chi connectivity index (χ4v) is 11.9. The first-order valence-electron chi connectivity index (χ1n) is 36.9. The van der Waals surface area contributed by atoms with E-state index in [1.165, 1.54) is 353 Å². The van der Waals surface area contributed by atoms with Crippen molar-refractivity contribution in [2.24, 2.45) is 0 Å². The molecule has 0 rings (SSSR count). The van der Waals surface area contributed by atoms with Gasteiger partial charge in [0.1, 0.15) is 0 Å². The predicted molar refractivity (Wildman–Crippen MR) is 352 cm³/mol. The van der Waals surface area contributed by atoms with E-state index >= 15 is 0 Å². The number of hydrogen-bond acceptors (Lipinski definition) is 5. The molecule has 1 amide bonds. The van der Waals surface area contributed by atoms with Crippen molar-refractivity contribution in [2.45, 2.75) is 437 Å². The molecule has 0 bridgehead atoms. The van der Waals surface area contributed by atoms with Crippen LogP contribution in [0, 0.1) is 0 Å². The van der Waals surface area contributed by atoms with Gasteiger partial charge in [0.2, 0.25) is 5.91 Å². The van der Waals surface area contributed by atoms with Crippen LogP contribution < -0.4 is 5.32 Å². The van der Waals surface area contributed by atoms with E-state index in [4.69, 9.17) is 4.74 Å². The van der Waals surface area contributed by atoms with Crippen molar-refractivity contribution >= 4 is 11.9 Å². The van der Waals surface area contributed by atoms with Gasteiger partial charge in [-0.3, -0.25) is 9.59 Å². The Morgan fingerprint density at radius 3 is 0.887 bits per heavy atom. The first kappa shape index (κ1) is 78.6. The summed E-state index contributed by atoms with van der Waals surface area (Å²) >= 11 is 0. The minimum atomic E-state index is -0.664. The topological polar surface area (TPSA) is 95.9 Å². The number of allylic oxidation sites excluding steroid dienone is 2. The third kappa shape index (κ3) is 65.7. The number of carbonyl (C=O) groups excluding carboxylic acids is 2. The molecule has 2 unspecified atom stereocenters. The molecule has 0 saturated carbocycles. The maximum Gasteiger partial charge on any atom is 0.305 e. The zero-order valence-corrected chi connectivity index (χ0v) is 54.6. The third-order valence-corrected chi connectivity index (χ3v) is 17.6. The molecule has 0 aliphatic heterocycles. The normalized spacial score (nSPS) is 12.5. The first-order valence-corrected chi connectivity index (χ1v) is 36.9. The molecule has 0 heterocycles. The molecule has 0 aliphatic carbocycles. The average Bonchev–Trinajstić information content (AvgIpc) is 3.46. The number of carbonyl (C=O) groups is 2. The number of nitrogens with one attached hydrogen (secondary N) is 1. The summed E-state index contributed by atoms with van der Waals surface area (Å²) < 4.78 is 5.50. The molecular formula is C74H145NO5. The fourth-order valence-electron chi connectivity index (χ4n) is 11.9. The van der Waals surface area contributed by atoms with E-state index < -0.39 is 12.1 Å². The fraction of sp³-hybridized carbons (Fsp3) is 0.946.